The largest absolute Gasteiger partial charge is 0.332 e. The van der Waals surface area contributed by atoms with Gasteiger partial charge in [-0.25, -0.2) is 0 Å². The lowest BCUT2D eigenvalue weighted by Gasteiger charge is -2.23. The average Bonchev–Trinajstić information content (AvgIpc) is 3.16. The second-order valence-corrected chi connectivity index (χ2v) is 6.37. The zero-order valence-corrected chi connectivity index (χ0v) is 15.1. The summed E-state index contributed by atoms with van der Waals surface area (Å²) in [5, 5.41) is 8.61. The summed E-state index contributed by atoms with van der Waals surface area (Å²) in [4.78, 5) is 18.4. The summed E-state index contributed by atoms with van der Waals surface area (Å²) < 4.78 is 0. The van der Waals surface area contributed by atoms with Gasteiger partial charge >= 0.3 is 0 Å². The van der Waals surface area contributed by atoms with Crippen LogP contribution < -0.4 is 0 Å². The zero-order valence-electron chi connectivity index (χ0n) is 15.1. The van der Waals surface area contributed by atoms with E-state index in [-0.39, 0.29) is 5.91 Å². The van der Waals surface area contributed by atoms with Crippen molar-refractivity contribution in [2.24, 2.45) is 0 Å². The Balaban J connectivity index is 1.79. The van der Waals surface area contributed by atoms with Crippen molar-refractivity contribution in [1.29, 1.82) is 0 Å². The summed E-state index contributed by atoms with van der Waals surface area (Å²) in [6, 6.07) is 19.6. The molecule has 0 aliphatic rings. The molecule has 134 valence electrons. The van der Waals surface area contributed by atoms with Crippen LogP contribution in [0.4, 0.5) is 0 Å². The van der Waals surface area contributed by atoms with Crippen LogP contribution in [-0.4, -0.2) is 57.9 Å². The number of likely N-dealkylation sites (N-methyl/N-ethyl adjacent to an activating group) is 1. The van der Waals surface area contributed by atoms with Crippen LogP contribution in [0.15, 0.2) is 66.9 Å². The maximum atomic E-state index is 13.0. The summed E-state index contributed by atoms with van der Waals surface area (Å²) in [5.74, 6) is -0.113. The molecule has 3 aromatic rings. The summed E-state index contributed by atoms with van der Waals surface area (Å²) in [6.45, 7) is 1.95. The van der Waals surface area contributed by atoms with E-state index in [0.29, 0.717) is 18.8 Å². The highest BCUT2D eigenvalue weighted by molar-refractivity contribution is 5.91. The fraction of sp³-hybridized carbons (Fsp3) is 0.250. The molecule has 3 rings (SSSR count). The molecule has 1 heterocycles. The van der Waals surface area contributed by atoms with Gasteiger partial charge in [-0.2, -0.15) is 9.90 Å². The monoisotopic (exact) mass is 349 g/mol. The molecule has 1 amide bonds. The molecule has 6 nitrogen and oxygen atoms in total. The molecule has 0 atom stereocenters. The quantitative estimate of drug-likeness (QED) is 0.658. The normalized spacial score (nSPS) is 10.9. The molecule has 6 heteroatoms. The predicted octanol–water partition coefficient (Wildman–Crippen LogP) is 2.47. The molecule has 0 saturated carbocycles. The summed E-state index contributed by atoms with van der Waals surface area (Å²) in [5.41, 5.74) is 2.27. The summed E-state index contributed by atoms with van der Waals surface area (Å²) in [6.07, 6.45) is 1.53. The van der Waals surface area contributed by atoms with Gasteiger partial charge in [0.25, 0.3) is 5.91 Å². The Labute approximate surface area is 153 Å². The molecular formula is C20H23N5O. The van der Waals surface area contributed by atoms with Crippen LogP contribution >= 0.6 is 0 Å². The molecule has 0 aliphatic carbocycles. The SMILES string of the molecule is CN(C)CCN(Cc1ccccc1)C(=O)c1cnn(-c2ccccc2)n1. The van der Waals surface area contributed by atoms with Crippen molar-refractivity contribution in [3.05, 3.63) is 78.1 Å². The van der Waals surface area contributed by atoms with Gasteiger partial charge in [0, 0.05) is 19.6 Å². The molecule has 2 aromatic carbocycles. The van der Waals surface area contributed by atoms with Gasteiger partial charge in [-0.15, -0.1) is 5.10 Å². The minimum absolute atomic E-state index is 0.113. The number of amides is 1. The highest BCUT2D eigenvalue weighted by Crippen LogP contribution is 2.10. The van der Waals surface area contributed by atoms with Crippen LogP contribution in [-0.2, 0) is 6.54 Å². The molecule has 0 aliphatic heterocycles. The van der Waals surface area contributed by atoms with Crippen molar-refractivity contribution < 1.29 is 4.79 Å². The first-order valence-corrected chi connectivity index (χ1v) is 8.59. The van der Waals surface area contributed by atoms with E-state index in [1.54, 1.807) is 0 Å². The van der Waals surface area contributed by atoms with Crippen molar-refractivity contribution in [3.8, 4) is 5.69 Å². The van der Waals surface area contributed by atoms with Crippen LogP contribution in [0.2, 0.25) is 0 Å². The second-order valence-electron chi connectivity index (χ2n) is 6.37. The minimum atomic E-state index is -0.113. The Morgan fingerprint density at radius 2 is 1.62 bits per heavy atom. The first-order valence-electron chi connectivity index (χ1n) is 8.59. The van der Waals surface area contributed by atoms with Gasteiger partial charge in [0.05, 0.1) is 11.9 Å². The maximum Gasteiger partial charge on any atom is 0.276 e. The third-order valence-corrected chi connectivity index (χ3v) is 4.02. The Kier molecular flexibility index (Phi) is 5.76. The highest BCUT2D eigenvalue weighted by atomic mass is 16.2. The van der Waals surface area contributed by atoms with Gasteiger partial charge in [-0.1, -0.05) is 48.5 Å². The fourth-order valence-corrected chi connectivity index (χ4v) is 2.59. The predicted molar refractivity (Wildman–Crippen MR) is 101 cm³/mol. The van der Waals surface area contributed by atoms with E-state index in [2.05, 4.69) is 15.1 Å². The van der Waals surface area contributed by atoms with Crippen LogP contribution in [0.3, 0.4) is 0 Å². The molecule has 0 spiro atoms. The first kappa shape index (κ1) is 17.8. The van der Waals surface area contributed by atoms with Gasteiger partial charge in [0.15, 0.2) is 5.69 Å². The Morgan fingerprint density at radius 1 is 0.962 bits per heavy atom. The zero-order chi connectivity index (χ0) is 18.4. The smallest absolute Gasteiger partial charge is 0.276 e. The number of rotatable bonds is 7. The number of hydrogen-bond donors (Lipinski definition) is 0. The van der Waals surface area contributed by atoms with Gasteiger partial charge in [0.2, 0.25) is 0 Å². The standard InChI is InChI=1S/C20H23N5O/c1-23(2)13-14-24(16-17-9-5-3-6-10-17)20(26)19-15-21-25(22-19)18-11-7-4-8-12-18/h3-12,15H,13-14,16H2,1-2H3. The van der Waals surface area contributed by atoms with Crippen molar-refractivity contribution in [3.63, 3.8) is 0 Å². The van der Waals surface area contributed by atoms with E-state index in [0.717, 1.165) is 17.8 Å². The minimum Gasteiger partial charge on any atom is -0.332 e. The molecule has 1 aromatic heterocycles. The number of hydrogen-bond acceptors (Lipinski definition) is 4. The van der Waals surface area contributed by atoms with Crippen molar-refractivity contribution >= 4 is 5.91 Å². The third kappa shape index (κ3) is 4.55. The number of nitrogens with zero attached hydrogens (tertiary/aromatic N) is 5. The Bertz CT molecular complexity index is 830. The van der Waals surface area contributed by atoms with E-state index in [4.69, 9.17) is 0 Å². The van der Waals surface area contributed by atoms with E-state index in [1.165, 1.54) is 11.0 Å². The average molecular weight is 349 g/mol. The molecule has 0 N–H and O–H groups in total. The molecule has 0 fully saturated rings. The Morgan fingerprint density at radius 3 is 2.27 bits per heavy atom. The molecule has 0 unspecified atom stereocenters. The first-order chi connectivity index (χ1) is 12.6. The summed E-state index contributed by atoms with van der Waals surface area (Å²) >= 11 is 0. The van der Waals surface area contributed by atoms with Gasteiger partial charge in [0.1, 0.15) is 0 Å². The topological polar surface area (TPSA) is 54.3 Å². The van der Waals surface area contributed by atoms with Crippen molar-refractivity contribution in [1.82, 2.24) is 24.8 Å². The maximum absolute atomic E-state index is 13.0. The second kappa shape index (κ2) is 8.40. The van der Waals surface area contributed by atoms with Crippen LogP contribution in [0.25, 0.3) is 5.69 Å². The van der Waals surface area contributed by atoms with E-state index >= 15 is 0 Å². The number of carbonyl (C=O) groups is 1. The van der Waals surface area contributed by atoms with E-state index in [1.807, 2.05) is 79.7 Å². The van der Waals surface area contributed by atoms with Crippen LogP contribution in [0, 0.1) is 0 Å². The van der Waals surface area contributed by atoms with Crippen LogP contribution in [0.5, 0.6) is 0 Å². The molecule has 0 saturated heterocycles. The summed E-state index contributed by atoms with van der Waals surface area (Å²) in [7, 11) is 3.99. The molecular weight excluding hydrogens is 326 g/mol. The lowest BCUT2D eigenvalue weighted by molar-refractivity contribution is 0.0725. The van der Waals surface area contributed by atoms with E-state index in [9.17, 15) is 4.79 Å². The van der Waals surface area contributed by atoms with E-state index < -0.39 is 0 Å². The highest BCUT2D eigenvalue weighted by Gasteiger charge is 2.20. The van der Waals surface area contributed by atoms with Crippen molar-refractivity contribution in [2.75, 3.05) is 27.2 Å². The van der Waals surface area contributed by atoms with Gasteiger partial charge in [-0.3, -0.25) is 4.79 Å². The lowest BCUT2D eigenvalue weighted by atomic mass is 10.2. The molecule has 0 bridgehead atoms. The number of aromatic nitrogens is 3. The Hall–Kier alpha value is -2.99. The molecule has 0 radical (unpaired) electrons. The van der Waals surface area contributed by atoms with Crippen LogP contribution in [0.1, 0.15) is 16.1 Å². The third-order valence-electron chi connectivity index (χ3n) is 4.02. The number of benzene rings is 2. The number of para-hydroxylation sites is 1. The molecule has 26 heavy (non-hydrogen) atoms. The fourth-order valence-electron chi connectivity index (χ4n) is 2.59. The van der Waals surface area contributed by atoms with Gasteiger partial charge < -0.3 is 9.80 Å². The number of carbonyl (C=O) groups excluding carboxylic acids is 1. The van der Waals surface area contributed by atoms with Gasteiger partial charge in [-0.05, 0) is 31.8 Å². The lowest BCUT2D eigenvalue weighted by Crippen LogP contribution is -2.36. The van der Waals surface area contributed by atoms with Crippen molar-refractivity contribution in [2.45, 2.75) is 6.54 Å².